The Balaban J connectivity index is 2.22. The maximum atomic E-state index is 12.0. The summed E-state index contributed by atoms with van der Waals surface area (Å²) in [5.41, 5.74) is 0.310. The molecule has 0 aromatic heterocycles. The lowest BCUT2D eigenvalue weighted by Gasteiger charge is -2.06. The molecule has 2 rings (SSSR count). The van der Waals surface area contributed by atoms with Gasteiger partial charge in [-0.05, 0) is 35.9 Å². The smallest absolute Gasteiger partial charge is 0.352 e. The van der Waals surface area contributed by atoms with Crippen LogP contribution in [0.2, 0.25) is 0 Å². The first kappa shape index (κ1) is 15.9. The van der Waals surface area contributed by atoms with E-state index in [9.17, 15) is 24.8 Å². The molecule has 2 N–H and O–H groups in total. The van der Waals surface area contributed by atoms with Gasteiger partial charge in [0.15, 0.2) is 0 Å². The second-order valence-electron chi connectivity index (χ2n) is 4.53. The number of nitrogens with one attached hydrogen (secondary N) is 1. The first-order chi connectivity index (χ1) is 11.0. The number of carbonyl (C=O) groups is 2. The van der Waals surface area contributed by atoms with Gasteiger partial charge in [-0.1, -0.05) is 18.2 Å². The van der Waals surface area contributed by atoms with Crippen LogP contribution in [-0.4, -0.2) is 21.9 Å². The Morgan fingerprint density at radius 1 is 1.04 bits per heavy atom. The molecule has 0 unspecified atom stereocenters. The van der Waals surface area contributed by atoms with Crippen LogP contribution < -0.4 is 5.32 Å². The van der Waals surface area contributed by atoms with Crippen molar-refractivity contribution >= 4 is 23.6 Å². The van der Waals surface area contributed by atoms with Crippen LogP contribution in [0.1, 0.15) is 15.9 Å². The fourth-order valence-corrected chi connectivity index (χ4v) is 1.79. The van der Waals surface area contributed by atoms with Crippen molar-refractivity contribution in [1.82, 2.24) is 5.32 Å². The van der Waals surface area contributed by atoms with Crippen LogP contribution in [0.3, 0.4) is 0 Å². The third-order valence-electron chi connectivity index (χ3n) is 2.93. The van der Waals surface area contributed by atoms with Crippen molar-refractivity contribution in [3.63, 3.8) is 0 Å². The monoisotopic (exact) mass is 312 g/mol. The summed E-state index contributed by atoms with van der Waals surface area (Å²) < 4.78 is 0. The normalized spacial score (nSPS) is 10.9. The predicted molar refractivity (Wildman–Crippen MR) is 82.6 cm³/mol. The molecule has 0 saturated carbocycles. The number of aliphatic carboxylic acids is 1. The molecule has 0 radical (unpaired) electrons. The molecule has 0 aliphatic heterocycles. The number of rotatable bonds is 5. The first-order valence-corrected chi connectivity index (χ1v) is 6.53. The van der Waals surface area contributed by atoms with Gasteiger partial charge >= 0.3 is 5.97 Å². The average molecular weight is 312 g/mol. The summed E-state index contributed by atoms with van der Waals surface area (Å²) in [4.78, 5) is 33.3. The van der Waals surface area contributed by atoms with E-state index in [-0.39, 0.29) is 11.4 Å². The predicted octanol–water partition coefficient (Wildman–Crippen LogP) is 2.45. The van der Waals surface area contributed by atoms with E-state index in [4.69, 9.17) is 0 Å². The molecule has 2 aromatic rings. The molecular weight excluding hydrogens is 300 g/mol. The quantitative estimate of drug-likeness (QED) is 0.500. The molecule has 0 spiro atoms. The maximum Gasteiger partial charge on any atom is 0.352 e. The Bertz CT molecular complexity index is 767. The molecule has 2 aromatic carbocycles. The molecule has 0 aliphatic rings. The van der Waals surface area contributed by atoms with Crippen molar-refractivity contribution in [2.24, 2.45) is 0 Å². The van der Waals surface area contributed by atoms with E-state index < -0.39 is 16.8 Å². The third-order valence-corrected chi connectivity index (χ3v) is 2.93. The number of hydrogen-bond acceptors (Lipinski definition) is 4. The van der Waals surface area contributed by atoms with Gasteiger partial charge in [-0.3, -0.25) is 14.9 Å². The van der Waals surface area contributed by atoms with Crippen LogP contribution in [0.5, 0.6) is 0 Å². The van der Waals surface area contributed by atoms with Crippen molar-refractivity contribution in [3.05, 3.63) is 81.5 Å². The zero-order valence-corrected chi connectivity index (χ0v) is 11.8. The van der Waals surface area contributed by atoms with Gasteiger partial charge in [0.25, 0.3) is 11.6 Å². The van der Waals surface area contributed by atoms with E-state index in [1.807, 2.05) is 0 Å². The van der Waals surface area contributed by atoms with E-state index in [0.29, 0.717) is 11.1 Å². The van der Waals surface area contributed by atoms with Gasteiger partial charge in [0.2, 0.25) is 0 Å². The van der Waals surface area contributed by atoms with Gasteiger partial charge in [0.05, 0.1) is 4.92 Å². The standard InChI is InChI=1S/C16H12N2O5/c19-15(12-4-2-1-3-5-12)17-14(16(20)21)10-11-6-8-13(9-7-11)18(22)23/h1-10H,(H,17,19)(H,20,21). The van der Waals surface area contributed by atoms with Gasteiger partial charge < -0.3 is 10.4 Å². The minimum atomic E-state index is -1.31. The van der Waals surface area contributed by atoms with Crippen LogP contribution in [0.25, 0.3) is 6.08 Å². The van der Waals surface area contributed by atoms with Crippen LogP contribution in [0.4, 0.5) is 5.69 Å². The lowest BCUT2D eigenvalue weighted by Crippen LogP contribution is -2.27. The lowest BCUT2D eigenvalue weighted by atomic mass is 10.1. The van der Waals surface area contributed by atoms with E-state index in [2.05, 4.69) is 5.32 Å². The number of carbonyl (C=O) groups excluding carboxylic acids is 1. The Kier molecular flexibility index (Phi) is 4.83. The summed E-state index contributed by atoms with van der Waals surface area (Å²) in [6.07, 6.45) is 1.23. The van der Waals surface area contributed by atoms with Crippen LogP contribution in [0, 0.1) is 10.1 Å². The Morgan fingerprint density at radius 3 is 2.17 bits per heavy atom. The van der Waals surface area contributed by atoms with E-state index >= 15 is 0 Å². The molecule has 0 atom stereocenters. The van der Waals surface area contributed by atoms with Crippen LogP contribution >= 0.6 is 0 Å². The zero-order chi connectivity index (χ0) is 16.8. The van der Waals surface area contributed by atoms with Gasteiger partial charge in [-0.25, -0.2) is 4.79 Å². The Labute approximate surface area is 131 Å². The first-order valence-electron chi connectivity index (χ1n) is 6.53. The molecule has 0 heterocycles. The van der Waals surface area contributed by atoms with Gasteiger partial charge in [-0.15, -0.1) is 0 Å². The molecule has 7 heteroatoms. The topological polar surface area (TPSA) is 110 Å². The van der Waals surface area contributed by atoms with Crippen molar-refractivity contribution in [2.75, 3.05) is 0 Å². The number of nitro groups is 1. The summed E-state index contributed by atoms with van der Waals surface area (Å²) in [6, 6.07) is 13.5. The van der Waals surface area contributed by atoms with Crippen LogP contribution in [-0.2, 0) is 4.79 Å². The minimum Gasteiger partial charge on any atom is -0.477 e. The lowest BCUT2D eigenvalue weighted by molar-refractivity contribution is -0.384. The minimum absolute atomic E-state index is 0.104. The molecular formula is C16H12N2O5. The van der Waals surface area contributed by atoms with E-state index in [1.165, 1.54) is 30.3 Å². The number of nitrogens with zero attached hydrogens (tertiary/aromatic N) is 1. The highest BCUT2D eigenvalue weighted by Gasteiger charge is 2.13. The molecule has 1 amide bonds. The molecule has 0 aliphatic carbocycles. The number of amides is 1. The number of carboxylic acid groups (broad SMARTS) is 1. The third kappa shape index (κ3) is 4.24. The second-order valence-corrected chi connectivity index (χ2v) is 4.53. The van der Waals surface area contributed by atoms with Gasteiger partial charge in [0, 0.05) is 17.7 Å². The summed E-state index contributed by atoms with van der Waals surface area (Å²) in [5.74, 6) is -1.87. The highest BCUT2D eigenvalue weighted by Crippen LogP contribution is 2.14. The maximum absolute atomic E-state index is 12.0. The van der Waals surface area contributed by atoms with Crippen molar-refractivity contribution in [2.45, 2.75) is 0 Å². The number of nitro benzene ring substituents is 1. The van der Waals surface area contributed by atoms with Crippen LogP contribution in [0.15, 0.2) is 60.3 Å². The Morgan fingerprint density at radius 2 is 1.65 bits per heavy atom. The molecule has 23 heavy (non-hydrogen) atoms. The molecule has 7 nitrogen and oxygen atoms in total. The summed E-state index contributed by atoms with van der Waals surface area (Å²) >= 11 is 0. The Hall–Kier alpha value is -3.48. The van der Waals surface area contributed by atoms with Crippen molar-refractivity contribution < 1.29 is 19.6 Å². The summed E-state index contributed by atoms with van der Waals surface area (Å²) in [7, 11) is 0. The summed E-state index contributed by atoms with van der Waals surface area (Å²) in [6.45, 7) is 0. The highest BCUT2D eigenvalue weighted by molar-refractivity contribution is 6.02. The average Bonchev–Trinajstić information content (AvgIpc) is 2.55. The van der Waals surface area contributed by atoms with Crippen molar-refractivity contribution in [1.29, 1.82) is 0 Å². The van der Waals surface area contributed by atoms with Crippen molar-refractivity contribution in [3.8, 4) is 0 Å². The largest absolute Gasteiger partial charge is 0.477 e. The zero-order valence-electron chi connectivity index (χ0n) is 11.8. The number of hydrogen-bond donors (Lipinski definition) is 2. The molecule has 0 saturated heterocycles. The SMILES string of the molecule is O=C(O)C(=Cc1ccc([N+](=O)[O-])cc1)NC(=O)c1ccccc1. The second kappa shape index (κ2) is 6.99. The fourth-order valence-electron chi connectivity index (χ4n) is 1.79. The van der Waals surface area contributed by atoms with E-state index in [1.54, 1.807) is 30.3 Å². The van der Waals surface area contributed by atoms with E-state index in [0.717, 1.165) is 0 Å². The number of carboxylic acids is 1. The number of non-ortho nitro benzene ring substituents is 1. The fraction of sp³-hybridized carbons (Fsp3) is 0. The van der Waals surface area contributed by atoms with Gasteiger partial charge in [0.1, 0.15) is 5.70 Å². The van der Waals surface area contributed by atoms with Gasteiger partial charge in [-0.2, -0.15) is 0 Å². The highest BCUT2D eigenvalue weighted by atomic mass is 16.6. The molecule has 0 bridgehead atoms. The molecule has 116 valence electrons. The number of benzene rings is 2. The molecule has 0 fully saturated rings. The summed E-state index contributed by atoms with van der Waals surface area (Å²) in [5, 5.41) is 22.1.